The fourth-order valence-corrected chi connectivity index (χ4v) is 12.6. The predicted octanol–water partition coefficient (Wildman–Crippen LogP) is 1.92. The van der Waals surface area contributed by atoms with Gasteiger partial charge in [0.2, 0.25) is 5.79 Å². The van der Waals surface area contributed by atoms with E-state index >= 15 is 0 Å². The lowest BCUT2D eigenvalue weighted by Gasteiger charge is -2.64. The molecule has 17 atom stereocenters. The van der Waals surface area contributed by atoms with Crippen LogP contribution in [0, 0.1) is 46.8 Å². The van der Waals surface area contributed by atoms with Gasteiger partial charge in [-0.1, -0.05) is 27.7 Å². The van der Waals surface area contributed by atoms with Gasteiger partial charge in [-0.25, -0.2) is 0 Å². The quantitative estimate of drug-likeness (QED) is 0.247. The highest BCUT2D eigenvalue weighted by molar-refractivity contribution is 5.72. The molecule has 0 radical (unpaired) electrons. The zero-order chi connectivity index (χ0) is 34.9. The number of piperidine rings is 2. The molecule has 0 aromatic heterocycles. The van der Waals surface area contributed by atoms with E-state index in [1.807, 2.05) is 13.8 Å². The highest BCUT2D eigenvalue weighted by Crippen LogP contribution is 2.77. The first-order chi connectivity index (χ1) is 22.4. The standard InChI is InChI=1S/C36H55NO11/c1-8-18(3)31(41)47-30-28(40)27-21(16-37-15-17(2)9-10-25(37)33(27,7)42)22-14-34-29(35(22,30)43)23(45-19(4)38)13-24-32(34,6)12-11-26(46-20(5)39)36(24,44)48-34/h17-18,21-30,40,42-44H,8-16H2,1-7H3/t17-,18+,21-,22-,23+,24-,25-,26-,27+,28+,29+,30-,32-,33+,34+,35-,36-/m0/s1. The Labute approximate surface area is 282 Å². The normalized spacial score (nSPS) is 54.2. The third kappa shape index (κ3) is 4.37. The van der Waals surface area contributed by atoms with Crippen LogP contribution < -0.4 is 0 Å². The Morgan fingerprint density at radius 2 is 1.69 bits per heavy atom. The Morgan fingerprint density at radius 1 is 1.00 bits per heavy atom. The number of nitrogens with zero attached hydrogens (tertiary/aromatic N) is 1. The van der Waals surface area contributed by atoms with Gasteiger partial charge in [0.1, 0.15) is 11.7 Å². The Morgan fingerprint density at radius 3 is 2.33 bits per heavy atom. The molecular weight excluding hydrogens is 622 g/mol. The van der Waals surface area contributed by atoms with E-state index in [0.717, 1.165) is 19.4 Å². The van der Waals surface area contributed by atoms with Crippen LogP contribution in [0.5, 0.6) is 0 Å². The number of carbonyl (C=O) groups excluding carboxylic acids is 3. The SMILES string of the molecule is CC[C@@H](C)C(=O)O[C@H]1[C@H](O)[C@H]2[C@@H](CN3C[C@@H](C)CC[C@H]3[C@@]2(C)O)[C@@H]2C[C@]34O[C@]5(O)[C@@H](OC(C)=O)CC[C@@]3(C)[C@@H]5C[C@@H](OC(C)=O)[C@H]4[C@@]21O. The third-order valence-electron chi connectivity index (χ3n) is 14.6. The van der Waals surface area contributed by atoms with Crippen molar-refractivity contribution < 1.29 is 53.8 Å². The fourth-order valence-electron chi connectivity index (χ4n) is 12.6. The van der Waals surface area contributed by atoms with Crippen molar-refractivity contribution >= 4 is 17.9 Å². The zero-order valence-electron chi connectivity index (χ0n) is 29.4. The van der Waals surface area contributed by atoms with E-state index in [1.165, 1.54) is 13.8 Å². The number of carbonyl (C=O) groups is 3. The van der Waals surface area contributed by atoms with E-state index in [-0.39, 0.29) is 18.9 Å². The summed E-state index contributed by atoms with van der Waals surface area (Å²) in [6.07, 6.45) is -1.47. The van der Waals surface area contributed by atoms with Gasteiger partial charge in [0.25, 0.3) is 0 Å². The molecule has 3 saturated heterocycles. The summed E-state index contributed by atoms with van der Waals surface area (Å²) in [5.74, 6) is -7.16. The van der Waals surface area contributed by atoms with Crippen molar-refractivity contribution in [3.63, 3.8) is 0 Å². The number of rotatable bonds is 5. The van der Waals surface area contributed by atoms with Crippen molar-refractivity contribution in [2.75, 3.05) is 13.1 Å². The third-order valence-corrected chi connectivity index (χ3v) is 14.6. The average Bonchev–Trinajstić information content (AvgIpc) is 3.27. The Bertz CT molecular complexity index is 1360. The molecule has 4 N–H and O–H groups in total. The van der Waals surface area contributed by atoms with Crippen LogP contribution in [0.1, 0.15) is 93.4 Å². The van der Waals surface area contributed by atoms with Crippen LogP contribution in [0.4, 0.5) is 0 Å². The predicted molar refractivity (Wildman–Crippen MR) is 169 cm³/mol. The van der Waals surface area contributed by atoms with Crippen LogP contribution in [0.25, 0.3) is 0 Å². The minimum atomic E-state index is -1.95. The van der Waals surface area contributed by atoms with Crippen LogP contribution >= 0.6 is 0 Å². The summed E-state index contributed by atoms with van der Waals surface area (Å²) < 4.78 is 24.8. The highest BCUT2D eigenvalue weighted by atomic mass is 16.7. The maximum Gasteiger partial charge on any atom is 0.309 e. The summed E-state index contributed by atoms with van der Waals surface area (Å²) in [4.78, 5) is 40.8. The van der Waals surface area contributed by atoms with Crippen molar-refractivity contribution in [2.24, 2.45) is 46.8 Å². The number of esters is 3. The van der Waals surface area contributed by atoms with Crippen molar-refractivity contribution in [3.8, 4) is 0 Å². The highest BCUT2D eigenvalue weighted by Gasteiger charge is 2.87. The lowest BCUT2D eigenvalue weighted by Crippen LogP contribution is -2.77. The van der Waals surface area contributed by atoms with E-state index in [9.17, 15) is 34.8 Å². The van der Waals surface area contributed by atoms with Crippen molar-refractivity contribution in [1.29, 1.82) is 0 Å². The minimum Gasteiger partial charge on any atom is -0.462 e. The zero-order valence-corrected chi connectivity index (χ0v) is 29.4. The van der Waals surface area contributed by atoms with Crippen molar-refractivity contribution in [3.05, 3.63) is 0 Å². The van der Waals surface area contributed by atoms with E-state index < -0.39 is 106 Å². The molecule has 270 valence electrons. The molecule has 3 heterocycles. The Kier molecular flexibility index (Phi) is 7.99. The van der Waals surface area contributed by atoms with Gasteiger partial charge in [-0.3, -0.25) is 19.3 Å². The molecule has 12 nitrogen and oxygen atoms in total. The van der Waals surface area contributed by atoms with E-state index in [4.69, 9.17) is 18.9 Å². The smallest absolute Gasteiger partial charge is 0.309 e. The summed E-state index contributed by atoms with van der Waals surface area (Å²) in [6, 6.07) is -0.216. The average molecular weight is 678 g/mol. The summed E-state index contributed by atoms with van der Waals surface area (Å²) in [7, 11) is 0. The molecule has 0 aromatic carbocycles. The molecule has 0 amide bonds. The molecule has 1 spiro atoms. The second-order valence-corrected chi connectivity index (χ2v) is 17.1. The second-order valence-electron chi connectivity index (χ2n) is 17.1. The lowest BCUT2D eigenvalue weighted by molar-refractivity contribution is -0.300. The molecule has 4 saturated carbocycles. The molecule has 7 fully saturated rings. The Balaban J connectivity index is 1.42. The Hall–Kier alpha value is -1.83. The van der Waals surface area contributed by atoms with Gasteiger partial charge in [0.05, 0.1) is 29.1 Å². The van der Waals surface area contributed by atoms with Crippen molar-refractivity contribution in [1.82, 2.24) is 4.90 Å². The summed E-state index contributed by atoms with van der Waals surface area (Å²) >= 11 is 0. The fraction of sp³-hybridized carbons (Fsp3) is 0.917. The number of hydrogen-bond acceptors (Lipinski definition) is 12. The van der Waals surface area contributed by atoms with Crippen LogP contribution in [0.2, 0.25) is 0 Å². The molecule has 3 aliphatic heterocycles. The number of fused-ring (bicyclic) bond motifs is 5. The maximum absolute atomic E-state index is 13.6. The molecule has 7 aliphatic rings. The van der Waals surface area contributed by atoms with E-state index in [0.29, 0.717) is 31.7 Å². The van der Waals surface area contributed by atoms with Gasteiger partial charge in [-0.05, 0) is 69.6 Å². The number of aliphatic hydroxyl groups is 4. The lowest BCUT2D eigenvalue weighted by atomic mass is 9.49. The molecule has 4 aliphatic carbocycles. The largest absolute Gasteiger partial charge is 0.462 e. The maximum atomic E-state index is 13.6. The second kappa shape index (κ2) is 11.1. The van der Waals surface area contributed by atoms with Gasteiger partial charge in [0, 0.05) is 50.2 Å². The summed E-state index contributed by atoms with van der Waals surface area (Å²) in [5, 5.41) is 50.9. The number of hydrogen-bond donors (Lipinski definition) is 4. The van der Waals surface area contributed by atoms with E-state index in [1.54, 1.807) is 13.8 Å². The minimum absolute atomic E-state index is 0.117. The van der Waals surface area contributed by atoms with Crippen LogP contribution in [-0.4, -0.2) is 109 Å². The van der Waals surface area contributed by atoms with Crippen LogP contribution in [-0.2, 0) is 33.3 Å². The molecule has 12 heteroatoms. The number of aliphatic hydroxyl groups excluding tert-OH is 1. The van der Waals surface area contributed by atoms with Gasteiger partial charge >= 0.3 is 17.9 Å². The van der Waals surface area contributed by atoms with Crippen molar-refractivity contribution in [2.45, 2.75) is 146 Å². The first-order valence-corrected chi connectivity index (χ1v) is 18.2. The van der Waals surface area contributed by atoms with Crippen LogP contribution in [0.15, 0.2) is 0 Å². The first kappa shape index (κ1) is 34.6. The molecule has 0 aromatic rings. The monoisotopic (exact) mass is 677 g/mol. The molecule has 7 rings (SSSR count). The topological polar surface area (TPSA) is 172 Å². The van der Waals surface area contributed by atoms with Crippen LogP contribution in [0.3, 0.4) is 0 Å². The van der Waals surface area contributed by atoms with Gasteiger partial charge in [0.15, 0.2) is 12.2 Å². The summed E-state index contributed by atoms with van der Waals surface area (Å²) in [6.45, 7) is 13.4. The molecular formula is C36H55NO11. The van der Waals surface area contributed by atoms with Gasteiger partial charge in [-0.15, -0.1) is 0 Å². The molecule has 4 bridgehead atoms. The van der Waals surface area contributed by atoms with E-state index in [2.05, 4.69) is 11.8 Å². The molecule has 0 unspecified atom stereocenters. The first-order valence-electron chi connectivity index (χ1n) is 18.2. The summed E-state index contributed by atoms with van der Waals surface area (Å²) in [5.41, 5.74) is -5.37. The molecule has 48 heavy (non-hydrogen) atoms. The number of ether oxygens (including phenoxy) is 4. The van der Waals surface area contributed by atoms with Gasteiger partial charge < -0.3 is 39.4 Å². The van der Waals surface area contributed by atoms with Gasteiger partial charge in [-0.2, -0.15) is 0 Å².